The van der Waals surface area contributed by atoms with E-state index >= 15 is 0 Å². The number of nitriles is 1. The van der Waals surface area contributed by atoms with E-state index in [1.165, 1.54) is 0 Å². The normalized spacial score (nSPS) is 12.8. The lowest BCUT2D eigenvalue weighted by atomic mass is 9.88. The molecule has 1 unspecified atom stereocenters. The Morgan fingerprint density at radius 2 is 1.81 bits per heavy atom. The lowest BCUT2D eigenvalue weighted by Crippen LogP contribution is -2.28. The van der Waals surface area contributed by atoms with E-state index in [2.05, 4.69) is 37.3 Å². The number of hydrogen-bond acceptors (Lipinski definition) is 5. The standard InChI is InChI=1S/C20H17BrN4O/c1-2-20(26,15-5-7-16(21)8-6-15)18-11-12-23-19(25-18)24-17-9-3-14(13-22)4-10-17/h3-12,26H,2H2,1H3,(H,23,24,25). The summed E-state index contributed by atoms with van der Waals surface area (Å²) in [7, 11) is 0. The smallest absolute Gasteiger partial charge is 0.227 e. The van der Waals surface area contributed by atoms with Crippen LogP contribution < -0.4 is 5.32 Å². The van der Waals surface area contributed by atoms with Crippen LogP contribution in [0.15, 0.2) is 65.3 Å². The highest BCUT2D eigenvalue weighted by Crippen LogP contribution is 2.32. The maximum atomic E-state index is 11.2. The first kappa shape index (κ1) is 18.1. The molecule has 0 spiro atoms. The molecule has 0 bridgehead atoms. The van der Waals surface area contributed by atoms with Crippen molar-refractivity contribution < 1.29 is 5.11 Å². The molecule has 2 aromatic carbocycles. The van der Waals surface area contributed by atoms with Crippen LogP contribution in [-0.4, -0.2) is 15.1 Å². The van der Waals surface area contributed by atoms with Crippen molar-refractivity contribution in [3.8, 4) is 6.07 Å². The van der Waals surface area contributed by atoms with Gasteiger partial charge in [-0.3, -0.25) is 0 Å². The van der Waals surface area contributed by atoms with Gasteiger partial charge in [-0.2, -0.15) is 5.26 Å². The van der Waals surface area contributed by atoms with Crippen LogP contribution in [0.2, 0.25) is 0 Å². The number of aromatic nitrogens is 2. The molecule has 2 N–H and O–H groups in total. The number of halogens is 1. The molecule has 0 aliphatic heterocycles. The molecular formula is C20H17BrN4O. The summed E-state index contributed by atoms with van der Waals surface area (Å²) < 4.78 is 0.950. The van der Waals surface area contributed by atoms with Crippen LogP contribution >= 0.6 is 15.9 Å². The van der Waals surface area contributed by atoms with Gasteiger partial charge in [-0.05, 0) is 54.4 Å². The van der Waals surface area contributed by atoms with Crippen molar-refractivity contribution >= 4 is 27.6 Å². The van der Waals surface area contributed by atoms with Crippen molar-refractivity contribution in [2.24, 2.45) is 0 Å². The van der Waals surface area contributed by atoms with Gasteiger partial charge in [0.25, 0.3) is 0 Å². The third kappa shape index (κ3) is 3.74. The minimum absolute atomic E-state index is 0.385. The van der Waals surface area contributed by atoms with E-state index in [1.54, 1.807) is 36.5 Å². The summed E-state index contributed by atoms with van der Waals surface area (Å²) in [6.07, 6.45) is 2.09. The molecule has 0 aliphatic rings. The molecule has 5 nitrogen and oxygen atoms in total. The van der Waals surface area contributed by atoms with Gasteiger partial charge in [0.2, 0.25) is 5.95 Å². The van der Waals surface area contributed by atoms with Gasteiger partial charge in [-0.1, -0.05) is 35.0 Å². The second-order valence-electron chi connectivity index (χ2n) is 5.80. The van der Waals surface area contributed by atoms with E-state index in [0.717, 1.165) is 15.7 Å². The summed E-state index contributed by atoms with van der Waals surface area (Å²) in [6, 6.07) is 18.4. The van der Waals surface area contributed by atoms with Gasteiger partial charge in [0, 0.05) is 16.4 Å². The number of anilines is 2. The van der Waals surface area contributed by atoms with Gasteiger partial charge < -0.3 is 10.4 Å². The highest BCUT2D eigenvalue weighted by Gasteiger charge is 2.31. The third-order valence-corrected chi connectivity index (χ3v) is 4.71. The van der Waals surface area contributed by atoms with E-state index in [4.69, 9.17) is 5.26 Å². The number of aliphatic hydroxyl groups is 1. The lowest BCUT2D eigenvalue weighted by Gasteiger charge is -2.27. The summed E-state index contributed by atoms with van der Waals surface area (Å²) in [4.78, 5) is 8.73. The van der Waals surface area contributed by atoms with Crippen LogP contribution in [0, 0.1) is 11.3 Å². The summed E-state index contributed by atoms with van der Waals surface area (Å²) in [5.74, 6) is 0.385. The monoisotopic (exact) mass is 408 g/mol. The van der Waals surface area contributed by atoms with Crippen LogP contribution in [0.5, 0.6) is 0 Å². The zero-order valence-electron chi connectivity index (χ0n) is 14.1. The quantitative estimate of drug-likeness (QED) is 0.649. The van der Waals surface area contributed by atoms with Crippen molar-refractivity contribution in [2.75, 3.05) is 5.32 Å². The van der Waals surface area contributed by atoms with E-state index < -0.39 is 5.60 Å². The molecular weight excluding hydrogens is 392 g/mol. The van der Waals surface area contributed by atoms with Gasteiger partial charge in [0.05, 0.1) is 17.3 Å². The number of rotatable bonds is 5. The van der Waals surface area contributed by atoms with Crippen LogP contribution in [-0.2, 0) is 5.60 Å². The van der Waals surface area contributed by atoms with E-state index in [9.17, 15) is 5.11 Å². The minimum atomic E-state index is -1.20. The highest BCUT2D eigenvalue weighted by atomic mass is 79.9. The molecule has 0 aliphatic carbocycles. The average Bonchev–Trinajstić information content (AvgIpc) is 2.69. The SMILES string of the molecule is CCC(O)(c1ccc(Br)cc1)c1ccnc(Nc2ccc(C#N)cc2)n1. The van der Waals surface area contributed by atoms with Crippen LogP contribution in [0.4, 0.5) is 11.6 Å². The Morgan fingerprint density at radius 3 is 2.42 bits per heavy atom. The third-order valence-electron chi connectivity index (χ3n) is 4.18. The summed E-state index contributed by atoms with van der Waals surface area (Å²) in [5.41, 5.74) is 1.44. The van der Waals surface area contributed by atoms with Gasteiger partial charge in [0.1, 0.15) is 5.60 Å². The second kappa shape index (κ2) is 7.65. The molecule has 0 radical (unpaired) electrons. The topological polar surface area (TPSA) is 81.8 Å². The van der Waals surface area contributed by atoms with Gasteiger partial charge >= 0.3 is 0 Å². The van der Waals surface area contributed by atoms with Crippen molar-refractivity contribution in [2.45, 2.75) is 18.9 Å². The van der Waals surface area contributed by atoms with Gasteiger partial charge in [-0.25, -0.2) is 9.97 Å². The molecule has 6 heteroatoms. The van der Waals surface area contributed by atoms with Gasteiger partial charge in [0.15, 0.2) is 0 Å². The van der Waals surface area contributed by atoms with Crippen LogP contribution in [0.1, 0.15) is 30.2 Å². The summed E-state index contributed by atoms with van der Waals surface area (Å²) >= 11 is 3.41. The predicted octanol–water partition coefficient (Wildman–Crippen LogP) is 4.50. The number of hydrogen-bond donors (Lipinski definition) is 2. The summed E-state index contributed by atoms with van der Waals surface area (Å²) in [6.45, 7) is 1.91. The first-order valence-electron chi connectivity index (χ1n) is 8.14. The van der Waals surface area contributed by atoms with E-state index in [1.807, 2.05) is 31.2 Å². The molecule has 0 amide bonds. The Labute approximate surface area is 160 Å². The molecule has 1 aromatic heterocycles. The number of nitrogens with one attached hydrogen (secondary N) is 1. The fourth-order valence-corrected chi connectivity index (χ4v) is 2.93. The van der Waals surface area contributed by atoms with E-state index in [0.29, 0.717) is 23.6 Å². The molecule has 1 heterocycles. The molecule has 3 rings (SSSR count). The van der Waals surface area contributed by atoms with Crippen molar-refractivity contribution in [1.29, 1.82) is 5.26 Å². The maximum Gasteiger partial charge on any atom is 0.227 e. The number of nitrogens with zero attached hydrogens (tertiary/aromatic N) is 3. The molecule has 0 saturated carbocycles. The van der Waals surface area contributed by atoms with Crippen molar-refractivity contribution in [3.63, 3.8) is 0 Å². The molecule has 26 heavy (non-hydrogen) atoms. The summed E-state index contributed by atoms with van der Waals surface area (Å²) in [5, 5.41) is 23.2. The van der Waals surface area contributed by atoms with Crippen LogP contribution in [0.25, 0.3) is 0 Å². The van der Waals surface area contributed by atoms with Gasteiger partial charge in [-0.15, -0.1) is 0 Å². The molecule has 3 aromatic rings. The molecule has 0 saturated heterocycles. The molecule has 130 valence electrons. The highest BCUT2D eigenvalue weighted by molar-refractivity contribution is 9.10. The average molecular weight is 409 g/mol. The fraction of sp³-hybridized carbons (Fsp3) is 0.150. The Morgan fingerprint density at radius 1 is 1.12 bits per heavy atom. The Kier molecular flexibility index (Phi) is 5.31. The Bertz CT molecular complexity index is 935. The lowest BCUT2D eigenvalue weighted by molar-refractivity contribution is 0.0719. The van der Waals surface area contributed by atoms with E-state index in [-0.39, 0.29) is 0 Å². The number of benzene rings is 2. The maximum absolute atomic E-state index is 11.2. The van der Waals surface area contributed by atoms with Crippen LogP contribution in [0.3, 0.4) is 0 Å². The first-order valence-corrected chi connectivity index (χ1v) is 8.93. The van der Waals surface area contributed by atoms with Crippen molar-refractivity contribution in [3.05, 3.63) is 82.1 Å². The fourth-order valence-electron chi connectivity index (χ4n) is 2.67. The second-order valence-corrected chi connectivity index (χ2v) is 6.72. The molecule has 1 atom stereocenters. The molecule has 0 fully saturated rings. The zero-order chi connectivity index (χ0) is 18.6. The Hall–Kier alpha value is -2.75. The zero-order valence-corrected chi connectivity index (χ0v) is 15.7. The minimum Gasteiger partial charge on any atom is -0.379 e. The van der Waals surface area contributed by atoms with Crippen molar-refractivity contribution in [1.82, 2.24) is 9.97 Å². The predicted molar refractivity (Wildman–Crippen MR) is 104 cm³/mol. The Balaban J connectivity index is 1.91. The largest absolute Gasteiger partial charge is 0.379 e. The first-order chi connectivity index (χ1) is 12.5.